The van der Waals surface area contributed by atoms with Crippen molar-refractivity contribution < 1.29 is 28.2 Å². The Kier molecular flexibility index (Phi) is 4.26. The summed E-state index contributed by atoms with van der Waals surface area (Å²) in [6, 6.07) is 1.71. The maximum Gasteiger partial charge on any atom is 0.341 e. The Bertz CT molecular complexity index is 847. The van der Waals surface area contributed by atoms with Gasteiger partial charge in [0.25, 0.3) is 0 Å². The summed E-state index contributed by atoms with van der Waals surface area (Å²) >= 11 is 0. The van der Waals surface area contributed by atoms with Crippen LogP contribution in [-0.2, 0) is 25.4 Å². The maximum atomic E-state index is 12.4. The van der Waals surface area contributed by atoms with E-state index in [1.165, 1.54) is 7.11 Å². The van der Waals surface area contributed by atoms with Crippen LogP contribution in [0.3, 0.4) is 0 Å². The van der Waals surface area contributed by atoms with Crippen molar-refractivity contribution in [1.29, 1.82) is 0 Å². The van der Waals surface area contributed by atoms with Crippen molar-refractivity contribution in [3.63, 3.8) is 0 Å². The van der Waals surface area contributed by atoms with Gasteiger partial charge in [0.15, 0.2) is 5.60 Å². The first-order valence-electron chi connectivity index (χ1n) is 9.26. The van der Waals surface area contributed by atoms with Crippen LogP contribution in [0.15, 0.2) is 28.2 Å². The lowest BCUT2D eigenvalue weighted by atomic mass is 9.86. The number of esters is 2. The molecule has 0 aromatic carbocycles. The van der Waals surface area contributed by atoms with E-state index in [2.05, 4.69) is 6.58 Å². The maximum absolute atomic E-state index is 12.4. The van der Waals surface area contributed by atoms with Crippen LogP contribution < -0.4 is 0 Å². The molecule has 6 nitrogen and oxygen atoms in total. The topological polar surface area (TPSA) is 78.3 Å². The molecule has 0 N–H and O–H groups in total. The zero-order chi connectivity index (χ0) is 19.3. The van der Waals surface area contributed by atoms with Crippen molar-refractivity contribution in [1.82, 2.24) is 0 Å². The number of carbonyl (C=O) groups is 2. The number of fused-ring (bicyclic) bond motifs is 2. The fourth-order valence-corrected chi connectivity index (χ4v) is 4.19. The Balaban J connectivity index is 1.73. The van der Waals surface area contributed by atoms with Gasteiger partial charge >= 0.3 is 11.9 Å². The number of furan rings is 1. The molecular formula is C21H24O6. The highest BCUT2D eigenvalue weighted by Crippen LogP contribution is 2.52. The molecule has 4 bridgehead atoms. The number of epoxide rings is 1. The van der Waals surface area contributed by atoms with Gasteiger partial charge in [0.2, 0.25) is 0 Å². The molecule has 0 amide bonds. The second-order valence-electron chi connectivity index (χ2n) is 7.83. The molecule has 3 aliphatic rings. The normalized spacial score (nSPS) is 34.1. The standard InChI is InChI=1S/C21H24O6/c1-11(2)13-5-6-21-18(27-21)17(26-20(21)23)8-12(3)7-14-10-15(19(22)24-4)16(9-13)25-14/h7,10,13,17-18H,1,5-6,8-9H2,2-4H3/b12-7+/t13-,17+,18+,21+/m1/s1. The highest BCUT2D eigenvalue weighted by Gasteiger charge is 2.72. The van der Waals surface area contributed by atoms with E-state index in [1.807, 2.05) is 19.9 Å². The number of hydrogen-bond donors (Lipinski definition) is 0. The molecule has 2 saturated heterocycles. The van der Waals surface area contributed by atoms with Crippen molar-refractivity contribution in [3.8, 4) is 0 Å². The second kappa shape index (κ2) is 6.37. The van der Waals surface area contributed by atoms with Crippen molar-refractivity contribution in [3.05, 3.63) is 40.9 Å². The van der Waals surface area contributed by atoms with Crippen LogP contribution >= 0.6 is 0 Å². The van der Waals surface area contributed by atoms with Crippen molar-refractivity contribution in [2.24, 2.45) is 5.92 Å². The van der Waals surface area contributed by atoms with Gasteiger partial charge in [0.05, 0.1) is 7.11 Å². The number of allylic oxidation sites excluding steroid dienone is 1. The minimum Gasteiger partial charge on any atom is -0.465 e. The van der Waals surface area contributed by atoms with Crippen LogP contribution in [0.1, 0.15) is 55.0 Å². The molecule has 4 heterocycles. The van der Waals surface area contributed by atoms with Crippen molar-refractivity contribution >= 4 is 18.0 Å². The predicted octanol–water partition coefficient (Wildman–Crippen LogP) is 3.45. The van der Waals surface area contributed by atoms with E-state index in [0.717, 1.165) is 11.1 Å². The summed E-state index contributed by atoms with van der Waals surface area (Å²) in [6.45, 7) is 7.99. The lowest BCUT2D eigenvalue weighted by Crippen LogP contribution is -2.24. The molecule has 1 aromatic heterocycles. The number of methoxy groups -OCH3 is 1. The van der Waals surface area contributed by atoms with Crippen LogP contribution in [0.25, 0.3) is 6.08 Å². The highest BCUT2D eigenvalue weighted by atomic mass is 16.7. The lowest BCUT2D eigenvalue weighted by Gasteiger charge is -2.18. The molecule has 1 aromatic rings. The molecular weight excluding hydrogens is 348 g/mol. The molecule has 4 atom stereocenters. The van der Waals surface area contributed by atoms with Crippen LogP contribution in [0.2, 0.25) is 0 Å². The SMILES string of the molecule is C=C(C)[C@@H]1CC[C@]23O[C@H]2[C@H](C/C(C)=C/c2cc(C(=O)OC)c(o2)C1)OC3=O. The fraction of sp³-hybridized carbons (Fsp3) is 0.524. The number of carbonyl (C=O) groups excluding carboxylic acids is 2. The van der Waals surface area contributed by atoms with E-state index >= 15 is 0 Å². The first-order chi connectivity index (χ1) is 12.8. The molecule has 3 aliphatic heterocycles. The zero-order valence-electron chi connectivity index (χ0n) is 15.9. The molecule has 0 radical (unpaired) electrons. The largest absolute Gasteiger partial charge is 0.465 e. The Morgan fingerprint density at radius 2 is 2.15 bits per heavy atom. The molecule has 4 rings (SSSR count). The third-order valence-electron chi connectivity index (χ3n) is 5.82. The number of hydrogen-bond acceptors (Lipinski definition) is 6. The van der Waals surface area contributed by atoms with Crippen molar-refractivity contribution in [2.75, 3.05) is 7.11 Å². The van der Waals surface area contributed by atoms with E-state index in [-0.39, 0.29) is 24.1 Å². The van der Waals surface area contributed by atoms with Gasteiger partial charge in [-0.3, -0.25) is 0 Å². The van der Waals surface area contributed by atoms with Gasteiger partial charge in [-0.25, -0.2) is 9.59 Å². The van der Waals surface area contributed by atoms with E-state index in [0.29, 0.717) is 42.8 Å². The van der Waals surface area contributed by atoms with Crippen LogP contribution in [-0.4, -0.2) is 36.9 Å². The third-order valence-corrected chi connectivity index (χ3v) is 5.82. The zero-order valence-corrected chi connectivity index (χ0v) is 15.9. The van der Waals surface area contributed by atoms with Gasteiger partial charge in [-0.15, -0.1) is 0 Å². The van der Waals surface area contributed by atoms with Crippen LogP contribution in [0.4, 0.5) is 0 Å². The lowest BCUT2D eigenvalue weighted by molar-refractivity contribution is -0.154. The first-order valence-corrected chi connectivity index (χ1v) is 9.26. The first kappa shape index (κ1) is 18.0. The van der Waals surface area contributed by atoms with Gasteiger partial charge in [-0.05, 0) is 44.7 Å². The second-order valence-corrected chi connectivity index (χ2v) is 7.83. The third kappa shape index (κ3) is 3.02. The van der Waals surface area contributed by atoms with E-state index in [9.17, 15) is 9.59 Å². The predicted molar refractivity (Wildman–Crippen MR) is 97.0 cm³/mol. The number of rotatable bonds is 2. The molecule has 2 fully saturated rings. The minimum absolute atomic E-state index is 0.0595. The molecule has 27 heavy (non-hydrogen) atoms. The smallest absolute Gasteiger partial charge is 0.341 e. The average Bonchev–Trinajstić information content (AvgIpc) is 3.14. The molecule has 0 unspecified atom stereocenters. The molecule has 0 spiro atoms. The van der Waals surface area contributed by atoms with Crippen LogP contribution in [0, 0.1) is 5.92 Å². The Labute approximate surface area is 158 Å². The molecule has 0 aliphatic carbocycles. The summed E-state index contributed by atoms with van der Waals surface area (Å²) in [5.74, 6) is 0.572. The molecule has 6 heteroatoms. The monoisotopic (exact) mass is 372 g/mol. The highest BCUT2D eigenvalue weighted by molar-refractivity contribution is 5.91. The van der Waals surface area contributed by atoms with Gasteiger partial charge in [-0.1, -0.05) is 17.7 Å². The molecule has 144 valence electrons. The van der Waals surface area contributed by atoms with Crippen LogP contribution in [0.5, 0.6) is 0 Å². The van der Waals surface area contributed by atoms with E-state index in [1.54, 1.807) is 6.07 Å². The quantitative estimate of drug-likeness (QED) is 0.449. The fourth-order valence-electron chi connectivity index (χ4n) is 4.19. The van der Waals surface area contributed by atoms with Gasteiger partial charge in [0, 0.05) is 12.8 Å². The van der Waals surface area contributed by atoms with E-state index in [4.69, 9.17) is 18.6 Å². The molecule has 0 saturated carbocycles. The average molecular weight is 372 g/mol. The Morgan fingerprint density at radius 1 is 1.37 bits per heavy atom. The minimum atomic E-state index is -0.800. The number of ether oxygens (including phenoxy) is 3. The summed E-state index contributed by atoms with van der Waals surface area (Å²) < 4.78 is 22.3. The summed E-state index contributed by atoms with van der Waals surface area (Å²) in [5.41, 5.74) is 1.60. The van der Waals surface area contributed by atoms with E-state index < -0.39 is 11.6 Å². The van der Waals surface area contributed by atoms with Crippen molar-refractivity contribution in [2.45, 2.75) is 57.3 Å². The van der Waals surface area contributed by atoms with Gasteiger partial charge < -0.3 is 18.6 Å². The summed E-state index contributed by atoms with van der Waals surface area (Å²) in [6.07, 6.45) is 3.81. The summed E-state index contributed by atoms with van der Waals surface area (Å²) in [7, 11) is 1.36. The summed E-state index contributed by atoms with van der Waals surface area (Å²) in [5, 5.41) is 0. The Morgan fingerprint density at radius 3 is 2.81 bits per heavy atom. The summed E-state index contributed by atoms with van der Waals surface area (Å²) in [4.78, 5) is 24.6. The van der Waals surface area contributed by atoms with Gasteiger partial charge in [0.1, 0.15) is 29.3 Å². The van der Waals surface area contributed by atoms with Gasteiger partial charge in [-0.2, -0.15) is 0 Å². The Hall–Kier alpha value is -2.34.